The summed E-state index contributed by atoms with van der Waals surface area (Å²) in [6.45, 7) is 3.94. The Bertz CT molecular complexity index is 1100. The summed E-state index contributed by atoms with van der Waals surface area (Å²) < 4.78 is 6.52. The molecule has 0 amide bonds. The van der Waals surface area contributed by atoms with E-state index in [-0.39, 0.29) is 18.1 Å². The lowest BCUT2D eigenvalue weighted by Crippen LogP contribution is -2.23. The quantitative estimate of drug-likeness (QED) is 0.469. The second kappa shape index (κ2) is 8.26. The summed E-state index contributed by atoms with van der Waals surface area (Å²) >= 11 is 1.20. The van der Waals surface area contributed by atoms with Gasteiger partial charge in [-0.3, -0.25) is 19.1 Å². The molecule has 0 fully saturated rings. The molecule has 3 aromatic rings. The van der Waals surface area contributed by atoms with Crippen LogP contribution in [0.15, 0.2) is 39.0 Å². The largest absolute Gasteiger partial charge is 0.468 e. The molecular weight excluding hydrogens is 382 g/mol. The van der Waals surface area contributed by atoms with Crippen molar-refractivity contribution in [1.82, 2.24) is 24.7 Å². The van der Waals surface area contributed by atoms with Gasteiger partial charge in [0.25, 0.3) is 5.56 Å². The number of aromatic nitrogens is 5. The predicted octanol–water partition coefficient (Wildman–Crippen LogP) is 1.12. The monoisotopic (exact) mass is 401 g/mol. The van der Waals surface area contributed by atoms with Gasteiger partial charge in [-0.2, -0.15) is 0 Å². The third kappa shape index (κ3) is 4.39. The Morgan fingerprint density at radius 1 is 1.18 bits per heavy atom. The maximum absolute atomic E-state index is 11.6. The minimum absolute atomic E-state index is 0.0847. The zero-order valence-electron chi connectivity index (χ0n) is 15.6. The maximum Gasteiger partial charge on any atom is 0.325 e. The van der Waals surface area contributed by atoms with Crippen LogP contribution in [0, 0.1) is 13.8 Å². The van der Waals surface area contributed by atoms with Crippen molar-refractivity contribution in [1.29, 1.82) is 0 Å². The van der Waals surface area contributed by atoms with E-state index in [0.717, 1.165) is 16.8 Å². The number of thioether (sulfide) groups is 1. The maximum atomic E-state index is 11.6. The van der Waals surface area contributed by atoms with Crippen LogP contribution < -0.4 is 11.2 Å². The van der Waals surface area contributed by atoms with Gasteiger partial charge in [0, 0.05) is 18.2 Å². The lowest BCUT2D eigenvalue weighted by Gasteiger charge is -2.13. The molecule has 0 unspecified atom stereocenters. The first-order valence-electron chi connectivity index (χ1n) is 8.41. The Morgan fingerprint density at radius 2 is 1.96 bits per heavy atom. The first-order valence-corrected chi connectivity index (χ1v) is 9.40. The predicted molar refractivity (Wildman–Crippen MR) is 104 cm³/mol. The molecule has 1 aromatic carbocycles. The van der Waals surface area contributed by atoms with Crippen LogP contribution in [0.5, 0.6) is 0 Å². The highest BCUT2D eigenvalue weighted by atomic mass is 32.2. The number of esters is 1. The van der Waals surface area contributed by atoms with Crippen LogP contribution in [0.25, 0.3) is 5.69 Å². The second-order valence-corrected chi connectivity index (χ2v) is 7.12. The molecule has 28 heavy (non-hydrogen) atoms. The van der Waals surface area contributed by atoms with Crippen molar-refractivity contribution >= 4 is 17.7 Å². The fourth-order valence-electron chi connectivity index (χ4n) is 2.68. The SMILES string of the molecule is COC(=O)CSc1nnc(Cc2cc(=O)[nH]c(=O)[nH]2)n1-c1cc(C)ccc1C. The van der Waals surface area contributed by atoms with E-state index >= 15 is 0 Å². The Balaban J connectivity index is 2.08. The summed E-state index contributed by atoms with van der Waals surface area (Å²) in [7, 11) is 1.33. The van der Waals surface area contributed by atoms with E-state index in [9.17, 15) is 14.4 Å². The molecule has 2 N–H and O–H groups in total. The van der Waals surface area contributed by atoms with E-state index in [2.05, 4.69) is 20.2 Å². The number of nitrogens with zero attached hydrogens (tertiary/aromatic N) is 3. The van der Waals surface area contributed by atoms with Gasteiger partial charge < -0.3 is 9.72 Å². The van der Waals surface area contributed by atoms with Crippen molar-refractivity contribution in [3.63, 3.8) is 0 Å². The van der Waals surface area contributed by atoms with E-state index in [1.807, 2.05) is 36.6 Å². The van der Waals surface area contributed by atoms with Gasteiger partial charge in [-0.25, -0.2) is 4.79 Å². The van der Waals surface area contributed by atoms with Crippen LogP contribution in [0.1, 0.15) is 22.6 Å². The smallest absolute Gasteiger partial charge is 0.325 e. The van der Waals surface area contributed by atoms with Gasteiger partial charge in [-0.05, 0) is 31.0 Å². The van der Waals surface area contributed by atoms with Gasteiger partial charge in [0.15, 0.2) is 5.16 Å². The Hall–Kier alpha value is -3.14. The third-order valence-corrected chi connectivity index (χ3v) is 4.92. The second-order valence-electron chi connectivity index (χ2n) is 6.18. The lowest BCUT2D eigenvalue weighted by atomic mass is 10.1. The number of aromatic amines is 2. The number of aryl methyl sites for hydroxylation is 2. The van der Waals surface area contributed by atoms with Gasteiger partial charge in [0.2, 0.25) is 0 Å². The molecule has 0 radical (unpaired) electrons. The van der Waals surface area contributed by atoms with E-state index in [1.165, 1.54) is 24.9 Å². The molecule has 0 spiro atoms. The number of carbonyl (C=O) groups is 1. The highest BCUT2D eigenvalue weighted by molar-refractivity contribution is 7.99. The topological polar surface area (TPSA) is 123 Å². The number of methoxy groups -OCH3 is 1. The minimum atomic E-state index is -0.583. The van der Waals surface area contributed by atoms with Crippen molar-refractivity contribution in [2.75, 3.05) is 12.9 Å². The fourth-order valence-corrected chi connectivity index (χ4v) is 3.47. The van der Waals surface area contributed by atoms with Crippen molar-refractivity contribution < 1.29 is 9.53 Å². The average molecular weight is 401 g/mol. The van der Waals surface area contributed by atoms with Crippen molar-refractivity contribution in [2.24, 2.45) is 0 Å². The van der Waals surface area contributed by atoms with E-state index in [4.69, 9.17) is 4.74 Å². The lowest BCUT2D eigenvalue weighted by molar-refractivity contribution is -0.137. The Labute approximate surface area is 164 Å². The van der Waals surface area contributed by atoms with Gasteiger partial charge in [0.1, 0.15) is 5.82 Å². The minimum Gasteiger partial charge on any atom is -0.468 e. The molecule has 2 aromatic heterocycles. The number of hydrogen-bond acceptors (Lipinski definition) is 7. The van der Waals surface area contributed by atoms with Crippen LogP contribution in [0.4, 0.5) is 0 Å². The van der Waals surface area contributed by atoms with Crippen molar-refractivity contribution in [3.05, 3.63) is 67.7 Å². The first-order chi connectivity index (χ1) is 13.4. The number of nitrogens with one attached hydrogen (secondary N) is 2. The average Bonchev–Trinajstić information content (AvgIpc) is 3.03. The zero-order valence-corrected chi connectivity index (χ0v) is 16.4. The molecule has 3 rings (SSSR count). The van der Waals surface area contributed by atoms with Crippen LogP contribution in [-0.4, -0.2) is 43.6 Å². The third-order valence-electron chi connectivity index (χ3n) is 4.02. The Kier molecular flexibility index (Phi) is 5.78. The number of ether oxygens (including phenoxy) is 1. The summed E-state index contributed by atoms with van der Waals surface area (Å²) in [5.74, 6) is 0.240. The number of carbonyl (C=O) groups excluding carboxylic acids is 1. The first kappa shape index (κ1) is 19.6. The summed E-state index contributed by atoms with van der Waals surface area (Å²) in [5.41, 5.74) is 2.24. The molecule has 10 heteroatoms. The summed E-state index contributed by atoms with van der Waals surface area (Å²) in [6.07, 6.45) is 0.193. The molecule has 0 aliphatic heterocycles. The Morgan fingerprint density at radius 3 is 2.68 bits per heavy atom. The van der Waals surface area contributed by atoms with Crippen LogP contribution >= 0.6 is 11.8 Å². The normalized spacial score (nSPS) is 10.8. The molecular formula is C18H19N5O4S. The van der Waals surface area contributed by atoms with Crippen LogP contribution in [-0.2, 0) is 16.0 Å². The van der Waals surface area contributed by atoms with Crippen molar-refractivity contribution in [3.8, 4) is 5.69 Å². The van der Waals surface area contributed by atoms with E-state index in [0.29, 0.717) is 16.7 Å². The number of benzene rings is 1. The van der Waals surface area contributed by atoms with Gasteiger partial charge >= 0.3 is 11.7 Å². The zero-order chi connectivity index (χ0) is 20.3. The van der Waals surface area contributed by atoms with Crippen LogP contribution in [0.2, 0.25) is 0 Å². The standard InChI is InChI=1S/C18H19N5O4S/c1-10-4-5-11(2)13(6-10)23-14(7-12-8-15(24)20-17(26)19-12)21-22-18(23)28-9-16(25)27-3/h4-6,8H,7,9H2,1-3H3,(H2,19,20,24,26). The molecule has 0 aliphatic rings. The summed E-state index contributed by atoms with van der Waals surface area (Å²) in [4.78, 5) is 39.4. The molecule has 2 heterocycles. The number of rotatable bonds is 6. The van der Waals surface area contributed by atoms with Gasteiger partial charge in [0.05, 0.1) is 18.6 Å². The highest BCUT2D eigenvalue weighted by Gasteiger charge is 2.18. The number of hydrogen-bond donors (Lipinski definition) is 2. The molecule has 0 atom stereocenters. The van der Waals surface area contributed by atoms with Gasteiger partial charge in [-0.1, -0.05) is 23.9 Å². The number of H-pyrrole nitrogens is 2. The van der Waals surface area contributed by atoms with Crippen molar-refractivity contribution in [2.45, 2.75) is 25.4 Å². The molecule has 0 aliphatic carbocycles. The van der Waals surface area contributed by atoms with E-state index in [1.54, 1.807) is 0 Å². The fraction of sp³-hybridized carbons (Fsp3) is 0.278. The van der Waals surface area contributed by atoms with E-state index < -0.39 is 11.2 Å². The molecule has 0 saturated carbocycles. The molecule has 0 saturated heterocycles. The summed E-state index contributed by atoms with van der Waals surface area (Å²) in [5, 5.41) is 8.94. The van der Waals surface area contributed by atoms with Gasteiger partial charge in [-0.15, -0.1) is 10.2 Å². The molecule has 146 valence electrons. The molecule has 9 nitrogen and oxygen atoms in total. The van der Waals surface area contributed by atoms with Crippen LogP contribution in [0.3, 0.4) is 0 Å². The molecule has 0 bridgehead atoms. The highest BCUT2D eigenvalue weighted by Crippen LogP contribution is 2.26. The summed E-state index contributed by atoms with van der Waals surface area (Å²) in [6, 6.07) is 7.28.